The van der Waals surface area contributed by atoms with Gasteiger partial charge in [0.05, 0.1) is 13.2 Å². The van der Waals surface area contributed by atoms with E-state index in [1.165, 1.54) is 0 Å². The van der Waals surface area contributed by atoms with Crippen LogP contribution < -0.4 is 10.1 Å². The molecule has 5 heteroatoms. The molecule has 2 N–H and O–H groups in total. The van der Waals surface area contributed by atoms with Crippen molar-refractivity contribution in [2.75, 3.05) is 7.11 Å². The Morgan fingerprint density at radius 2 is 1.96 bits per heavy atom. The van der Waals surface area contributed by atoms with Crippen LogP contribution in [0.25, 0.3) is 10.9 Å². The molecule has 0 saturated heterocycles. The zero-order valence-corrected chi connectivity index (χ0v) is 15.6. The third-order valence-corrected chi connectivity index (χ3v) is 4.60. The Labute approximate surface area is 159 Å². The molecule has 3 aromatic rings. The SMILES string of the molecule is CCCCC(=O)N[C@H](c1ccc(OC)cc1)c1ccc2cccnc2c1O. The number of rotatable bonds is 7. The van der Waals surface area contributed by atoms with E-state index >= 15 is 0 Å². The maximum Gasteiger partial charge on any atom is 0.220 e. The summed E-state index contributed by atoms with van der Waals surface area (Å²) >= 11 is 0. The first kappa shape index (κ1) is 18.7. The predicted molar refractivity (Wildman–Crippen MR) is 106 cm³/mol. The first-order valence-corrected chi connectivity index (χ1v) is 9.14. The number of methoxy groups -OCH3 is 1. The van der Waals surface area contributed by atoms with Gasteiger partial charge in [-0.2, -0.15) is 0 Å². The molecular weight excluding hydrogens is 340 g/mol. The fraction of sp³-hybridized carbons (Fsp3) is 0.273. The van der Waals surface area contributed by atoms with Crippen molar-refractivity contribution in [1.29, 1.82) is 0 Å². The van der Waals surface area contributed by atoms with Crippen LogP contribution in [0.1, 0.15) is 43.4 Å². The Balaban J connectivity index is 2.02. The largest absolute Gasteiger partial charge is 0.505 e. The van der Waals surface area contributed by atoms with E-state index in [-0.39, 0.29) is 11.7 Å². The first-order valence-electron chi connectivity index (χ1n) is 9.14. The second-order valence-corrected chi connectivity index (χ2v) is 6.46. The average Bonchev–Trinajstić information content (AvgIpc) is 2.71. The Hall–Kier alpha value is -3.08. The molecule has 0 saturated carbocycles. The number of hydrogen-bond acceptors (Lipinski definition) is 4. The van der Waals surface area contributed by atoms with Gasteiger partial charge in [-0.1, -0.05) is 43.7 Å². The van der Waals surface area contributed by atoms with Crippen LogP contribution in [0.5, 0.6) is 11.5 Å². The van der Waals surface area contributed by atoms with Gasteiger partial charge in [-0.05, 0) is 30.2 Å². The van der Waals surface area contributed by atoms with E-state index in [0.29, 0.717) is 17.5 Å². The number of unbranched alkanes of at least 4 members (excludes halogenated alkanes) is 1. The highest BCUT2D eigenvalue weighted by molar-refractivity contribution is 5.86. The molecule has 0 unspecified atom stereocenters. The number of phenolic OH excluding ortho intramolecular Hbond substituents is 1. The van der Waals surface area contributed by atoms with Crippen molar-refractivity contribution < 1.29 is 14.6 Å². The van der Waals surface area contributed by atoms with Gasteiger partial charge in [0, 0.05) is 23.6 Å². The molecular formula is C22H24N2O3. The lowest BCUT2D eigenvalue weighted by molar-refractivity contribution is -0.121. The van der Waals surface area contributed by atoms with Gasteiger partial charge in [0.1, 0.15) is 17.0 Å². The van der Waals surface area contributed by atoms with E-state index in [4.69, 9.17) is 4.74 Å². The lowest BCUT2D eigenvalue weighted by Crippen LogP contribution is -2.29. The topological polar surface area (TPSA) is 71.5 Å². The van der Waals surface area contributed by atoms with Gasteiger partial charge < -0.3 is 15.2 Å². The van der Waals surface area contributed by atoms with Crippen LogP contribution >= 0.6 is 0 Å². The highest BCUT2D eigenvalue weighted by Gasteiger charge is 2.21. The molecule has 1 aromatic heterocycles. The minimum Gasteiger partial charge on any atom is -0.505 e. The molecule has 5 nitrogen and oxygen atoms in total. The van der Waals surface area contributed by atoms with E-state index < -0.39 is 6.04 Å². The van der Waals surface area contributed by atoms with E-state index in [1.54, 1.807) is 13.3 Å². The number of hydrogen-bond donors (Lipinski definition) is 2. The number of pyridine rings is 1. The quantitative estimate of drug-likeness (QED) is 0.654. The molecule has 0 aliphatic heterocycles. The van der Waals surface area contributed by atoms with Crippen LogP contribution in [0.15, 0.2) is 54.7 Å². The summed E-state index contributed by atoms with van der Waals surface area (Å²) in [7, 11) is 1.61. The standard InChI is InChI=1S/C22H24N2O3/c1-3-4-7-19(25)24-20(16-8-11-17(27-2)12-9-16)18-13-10-15-6-5-14-23-21(15)22(18)26/h5-6,8-14,20,26H,3-4,7H2,1-2H3,(H,24,25)/t20-/m1/s1. The first-order chi connectivity index (χ1) is 13.1. The highest BCUT2D eigenvalue weighted by atomic mass is 16.5. The normalized spacial score (nSPS) is 11.9. The second-order valence-electron chi connectivity index (χ2n) is 6.46. The number of aromatic nitrogens is 1. The van der Waals surface area contributed by atoms with Crippen LogP contribution in [0.4, 0.5) is 0 Å². The van der Waals surface area contributed by atoms with Crippen LogP contribution in [-0.2, 0) is 4.79 Å². The van der Waals surface area contributed by atoms with Crippen molar-refractivity contribution in [1.82, 2.24) is 10.3 Å². The molecule has 0 fully saturated rings. The van der Waals surface area contributed by atoms with Crippen LogP contribution in [0.2, 0.25) is 0 Å². The van der Waals surface area contributed by atoms with E-state index in [0.717, 1.165) is 29.5 Å². The van der Waals surface area contributed by atoms with Crippen LogP contribution in [0.3, 0.4) is 0 Å². The Kier molecular flexibility index (Phi) is 5.91. The fourth-order valence-corrected chi connectivity index (χ4v) is 3.09. The lowest BCUT2D eigenvalue weighted by Gasteiger charge is -2.21. The van der Waals surface area contributed by atoms with Crippen molar-refractivity contribution in [3.05, 3.63) is 65.9 Å². The Morgan fingerprint density at radius 1 is 1.19 bits per heavy atom. The zero-order valence-electron chi connectivity index (χ0n) is 15.6. The molecule has 2 aromatic carbocycles. The van der Waals surface area contributed by atoms with Crippen molar-refractivity contribution in [2.45, 2.75) is 32.2 Å². The number of aromatic hydroxyl groups is 1. The summed E-state index contributed by atoms with van der Waals surface area (Å²) in [6.45, 7) is 2.05. The molecule has 1 atom stereocenters. The summed E-state index contributed by atoms with van der Waals surface area (Å²) in [5, 5.41) is 14.7. The second kappa shape index (κ2) is 8.54. The molecule has 0 radical (unpaired) electrons. The zero-order chi connectivity index (χ0) is 19.2. The number of fused-ring (bicyclic) bond motifs is 1. The summed E-state index contributed by atoms with van der Waals surface area (Å²) in [6.07, 6.45) is 3.88. The number of nitrogens with zero attached hydrogens (tertiary/aromatic N) is 1. The van der Waals surface area contributed by atoms with Crippen LogP contribution in [-0.4, -0.2) is 23.1 Å². The Morgan fingerprint density at radius 3 is 2.67 bits per heavy atom. The smallest absolute Gasteiger partial charge is 0.220 e. The van der Waals surface area contributed by atoms with Gasteiger partial charge in [-0.15, -0.1) is 0 Å². The number of nitrogens with one attached hydrogen (secondary N) is 1. The van der Waals surface area contributed by atoms with Gasteiger partial charge in [-0.25, -0.2) is 0 Å². The monoisotopic (exact) mass is 364 g/mol. The average molecular weight is 364 g/mol. The van der Waals surface area contributed by atoms with E-state index in [9.17, 15) is 9.90 Å². The molecule has 27 heavy (non-hydrogen) atoms. The third kappa shape index (κ3) is 4.19. The summed E-state index contributed by atoms with van der Waals surface area (Å²) in [5.41, 5.74) is 2.01. The number of amides is 1. The highest BCUT2D eigenvalue weighted by Crippen LogP contribution is 2.35. The molecule has 1 amide bonds. The number of ether oxygens (including phenoxy) is 1. The fourth-order valence-electron chi connectivity index (χ4n) is 3.09. The molecule has 0 spiro atoms. The maximum absolute atomic E-state index is 12.4. The van der Waals surface area contributed by atoms with Crippen molar-refractivity contribution >= 4 is 16.8 Å². The van der Waals surface area contributed by atoms with Crippen molar-refractivity contribution in [2.24, 2.45) is 0 Å². The van der Waals surface area contributed by atoms with Crippen molar-refractivity contribution in [3.8, 4) is 11.5 Å². The number of benzene rings is 2. The molecule has 1 heterocycles. The van der Waals surface area contributed by atoms with Crippen LogP contribution in [0, 0.1) is 0 Å². The van der Waals surface area contributed by atoms with E-state index in [1.807, 2.05) is 48.5 Å². The van der Waals surface area contributed by atoms with Crippen molar-refractivity contribution in [3.63, 3.8) is 0 Å². The molecule has 0 bridgehead atoms. The molecule has 0 aliphatic carbocycles. The maximum atomic E-state index is 12.4. The summed E-state index contributed by atoms with van der Waals surface area (Å²) < 4.78 is 5.22. The van der Waals surface area contributed by atoms with E-state index in [2.05, 4.69) is 17.2 Å². The summed E-state index contributed by atoms with van der Waals surface area (Å²) in [4.78, 5) is 16.7. The molecule has 0 aliphatic rings. The number of phenols is 1. The number of carbonyl (C=O) groups excluding carboxylic acids is 1. The Bertz CT molecular complexity index is 922. The summed E-state index contributed by atoms with van der Waals surface area (Å²) in [5.74, 6) is 0.780. The third-order valence-electron chi connectivity index (χ3n) is 4.60. The molecule has 3 rings (SSSR count). The molecule has 140 valence electrons. The minimum absolute atomic E-state index is 0.0433. The lowest BCUT2D eigenvalue weighted by atomic mass is 9.96. The number of carbonyl (C=O) groups is 1. The van der Waals surface area contributed by atoms with Gasteiger partial charge in [0.2, 0.25) is 5.91 Å². The minimum atomic E-state index is -0.466. The summed E-state index contributed by atoms with van der Waals surface area (Å²) in [6, 6.07) is 14.5. The van der Waals surface area contributed by atoms with Gasteiger partial charge in [-0.3, -0.25) is 9.78 Å². The van der Waals surface area contributed by atoms with Gasteiger partial charge >= 0.3 is 0 Å². The van der Waals surface area contributed by atoms with Gasteiger partial charge in [0.15, 0.2) is 0 Å². The predicted octanol–water partition coefficient (Wildman–Crippen LogP) is 4.34. The van der Waals surface area contributed by atoms with Gasteiger partial charge in [0.25, 0.3) is 0 Å².